The lowest BCUT2D eigenvalue weighted by Crippen LogP contribution is -2.35. The molecular formula is C36H39N6S2+. The lowest BCUT2D eigenvalue weighted by molar-refractivity contribution is -0.666. The summed E-state index contributed by atoms with van der Waals surface area (Å²) in [6.45, 7) is 6.07. The van der Waals surface area contributed by atoms with Gasteiger partial charge in [-0.3, -0.25) is 0 Å². The van der Waals surface area contributed by atoms with Crippen LogP contribution in [-0.2, 0) is 6.54 Å². The van der Waals surface area contributed by atoms with Crippen LogP contribution in [0.15, 0.2) is 113 Å². The first-order valence-corrected chi connectivity index (χ1v) is 17.8. The molecule has 0 amide bonds. The molecule has 1 aliphatic rings. The van der Waals surface area contributed by atoms with E-state index in [9.17, 15) is 0 Å². The van der Waals surface area contributed by atoms with E-state index in [2.05, 4.69) is 99.8 Å². The summed E-state index contributed by atoms with van der Waals surface area (Å²) < 4.78 is 2.28. The lowest BCUT2D eigenvalue weighted by Gasteiger charge is -2.20. The molecule has 4 aromatic carbocycles. The summed E-state index contributed by atoms with van der Waals surface area (Å²) in [5, 5.41) is 16.6. The number of rotatable bonds is 12. The van der Waals surface area contributed by atoms with Crippen LogP contribution in [0, 0.1) is 0 Å². The van der Waals surface area contributed by atoms with E-state index >= 15 is 0 Å². The van der Waals surface area contributed by atoms with Crippen LogP contribution in [-0.4, -0.2) is 31.1 Å². The van der Waals surface area contributed by atoms with E-state index in [0.29, 0.717) is 0 Å². The van der Waals surface area contributed by atoms with Gasteiger partial charge in [-0.1, -0.05) is 82.3 Å². The van der Waals surface area contributed by atoms with E-state index in [-0.39, 0.29) is 0 Å². The van der Waals surface area contributed by atoms with E-state index in [1.807, 2.05) is 46.7 Å². The molecule has 6 rings (SSSR count). The molecule has 44 heavy (non-hydrogen) atoms. The zero-order valence-electron chi connectivity index (χ0n) is 25.2. The van der Waals surface area contributed by atoms with Gasteiger partial charge in [0.25, 0.3) is 0 Å². The Morgan fingerprint density at radius 2 is 1.59 bits per heavy atom. The van der Waals surface area contributed by atoms with Crippen molar-refractivity contribution in [1.82, 2.24) is 0 Å². The summed E-state index contributed by atoms with van der Waals surface area (Å²) in [5.41, 5.74) is 13.3. The number of nitrogen functional groups attached to an aromatic ring is 1. The Bertz CT molecular complexity index is 1800. The fraction of sp³-hybridized carbons (Fsp3) is 0.250. The molecular weight excluding hydrogens is 581 g/mol. The van der Waals surface area contributed by atoms with Crippen molar-refractivity contribution in [3.8, 4) is 0 Å². The zero-order valence-corrected chi connectivity index (χ0v) is 26.8. The van der Waals surface area contributed by atoms with Crippen LogP contribution in [0.3, 0.4) is 0 Å². The molecule has 1 aromatic heterocycles. The van der Waals surface area contributed by atoms with Crippen molar-refractivity contribution >= 4 is 71.7 Å². The molecule has 0 bridgehead atoms. The van der Waals surface area contributed by atoms with Crippen molar-refractivity contribution in [1.29, 1.82) is 0 Å². The van der Waals surface area contributed by atoms with Gasteiger partial charge < -0.3 is 16.0 Å². The van der Waals surface area contributed by atoms with Gasteiger partial charge >= 0.3 is 0 Å². The molecule has 0 saturated carbocycles. The van der Waals surface area contributed by atoms with Gasteiger partial charge in [0.2, 0.25) is 5.52 Å². The monoisotopic (exact) mass is 619 g/mol. The molecule has 0 aliphatic carbocycles. The van der Waals surface area contributed by atoms with Crippen LogP contribution < -0.4 is 20.5 Å². The Morgan fingerprint density at radius 3 is 2.43 bits per heavy atom. The highest BCUT2D eigenvalue weighted by atomic mass is 33.1. The van der Waals surface area contributed by atoms with Gasteiger partial charge in [0, 0.05) is 65.2 Å². The number of nitrogens with zero attached hydrogens (tertiary/aromatic N) is 4. The minimum absolute atomic E-state index is 0.827. The van der Waals surface area contributed by atoms with Gasteiger partial charge in [-0.05, 0) is 44.0 Å². The maximum absolute atomic E-state index is 6.16. The van der Waals surface area contributed by atoms with Crippen LogP contribution >= 0.6 is 21.6 Å². The van der Waals surface area contributed by atoms with Crippen molar-refractivity contribution in [3.05, 3.63) is 109 Å². The van der Waals surface area contributed by atoms with E-state index in [1.54, 1.807) is 0 Å². The second-order valence-corrected chi connectivity index (χ2v) is 13.5. The van der Waals surface area contributed by atoms with Crippen LogP contribution in [0.5, 0.6) is 0 Å². The van der Waals surface area contributed by atoms with Crippen molar-refractivity contribution in [2.75, 3.05) is 47.1 Å². The van der Waals surface area contributed by atoms with E-state index in [4.69, 9.17) is 16.0 Å². The molecule has 0 radical (unpaired) electrons. The largest absolute Gasteiger partial charge is 0.398 e. The number of fused-ring (bicyclic) bond motifs is 2. The smallest absolute Gasteiger partial charge is 0.214 e. The van der Waals surface area contributed by atoms with Gasteiger partial charge in [0.15, 0.2) is 12.7 Å². The minimum Gasteiger partial charge on any atom is -0.398 e. The average Bonchev–Trinajstić information content (AvgIpc) is 3.61. The third-order valence-corrected chi connectivity index (χ3v) is 10.4. The van der Waals surface area contributed by atoms with E-state index < -0.39 is 0 Å². The van der Waals surface area contributed by atoms with Crippen LogP contribution in [0.2, 0.25) is 0 Å². The third kappa shape index (κ3) is 6.87. The highest BCUT2D eigenvalue weighted by Gasteiger charge is 2.16. The van der Waals surface area contributed by atoms with Crippen LogP contribution in [0.1, 0.15) is 25.3 Å². The minimum atomic E-state index is 0.827. The van der Waals surface area contributed by atoms with Gasteiger partial charge in [-0.25, -0.2) is 0 Å². The summed E-state index contributed by atoms with van der Waals surface area (Å²) in [4.78, 5) is 2.49. The second-order valence-electron chi connectivity index (χ2n) is 10.8. The summed E-state index contributed by atoms with van der Waals surface area (Å²) in [5.74, 6) is 2.02. The molecule has 1 saturated heterocycles. The average molecular weight is 620 g/mol. The fourth-order valence-corrected chi connectivity index (χ4v) is 7.68. The number of hydrogen-bond donors (Lipinski definition) is 2. The molecule has 0 atom stereocenters. The molecule has 8 heteroatoms. The predicted molar refractivity (Wildman–Crippen MR) is 192 cm³/mol. The molecule has 5 aromatic rings. The van der Waals surface area contributed by atoms with Gasteiger partial charge in [0.05, 0.1) is 28.2 Å². The predicted octanol–water partition coefficient (Wildman–Crippen LogP) is 9.10. The topological polar surface area (TPSA) is 69.9 Å². The molecule has 1 aliphatic heterocycles. The first-order valence-electron chi connectivity index (χ1n) is 15.3. The summed E-state index contributed by atoms with van der Waals surface area (Å²) in [6, 6.07) is 31.5. The maximum atomic E-state index is 6.16. The number of hydrogen-bond acceptors (Lipinski definition) is 7. The number of pyridine rings is 1. The number of azo groups is 1. The Kier molecular flexibility index (Phi) is 10.00. The Labute approximate surface area is 267 Å². The SMILES string of the molecule is C/C=C(/N=Nc1ccc(N2CCCC2)c2ccccc12)c1ccccc1NCCSSCC[n+]1ccc(N)c2ccccc21. The summed E-state index contributed by atoms with van der Waals surface area (Å²) in [6.07, 6.45) is 6.64. The number of aryl methyl sites for hydroxylation is 1. The number of anilines is 3. The molecule has 3 N–H and O–H groups in total. The third-order valence-electron chi connectivity index (χ3n) is 8.02. The van der Waals surface area contributed by atoms with Gasteiger partial charge in [0.1, 0.15) is 0 Å². The number of nitrogens with one attached hydrogen (secondary N) is 1. The van der Waals surface area contributed by atoms with E-state index in [1.165, 1.54) is 29.4 Å². The summed E-state index contributed by atoms with van der Waals surface area (Å²) in [7, 11) is 3.80. The van der Waals surface area contributed by atoms with Crippen LogP contribution in [0.4, 0.5) is 22.7 Å². The van der Waals surface area contributed by atoms with E-state index in [0.717, 1.165) is 76.8 Å². The summed E-state index contributed by atoms with van der Waals surface area (Å²) >= 11 is 0. The normalized spacial score (nSPS) is 13.8. The van der Waals surface area contributed by atoms with Gasteiger partial charge in [-0.15, -0.1) is 5.11 Å². The molecule has 2 heterocycles. The Hall–Kier alpha value is -4.01. The Morgan fingerprint density at radius 1 is 0.864 bits per heavy atom. The fourth-order valence-electron chi connectivity index (χ4n) is 5.81. The first-order chi connectivity index (χ1) is 21.7. The molecule has 1 fully saturated rings. The molecule has 6 nitrogen and oxygen atoms in total. The number of para-hydroxylation sites is 2. The standard InChI is InChI=1S/C36H38N6S2/c1-2-32(39-40-34-17-18-36(41-21-9-10-22-41)28-12-4-3-11-27(28)34)30-14-5-7-15-33(30)38-20-25-43-44-26-24-42-23-19-31(37)29-13-6-8-16-35(29)42/h2-8,11-19,23,37-38H,9-10,20-22,24-26H2,1H3/p+1/b32-2+,40-39?. The Balaban J connectivity index is 1.05. The quantitative estimate of drug-likeness (QED) is 0.0631. The zero-order chi connectivity index (χ0) is 30.1. The first kappa shape index (κ1) is 30.0. The number of benzene rings is 4. The highest BCUT2D eigenvalue weighted by Crippen LogP contribution is 2.36. The molecule has 0 unspecified atom stereocenters. The molecule has 224 valence electrons. The van der Waals surface area contributed by atoms with Crippen molar-refractivity contribution < 1.29 is 4.57 Å². The number of aromatic nitrogens is 1. The second kappa shape index (κ2) is 14.6. The molecule has 0 spiro atoms. The number of allylic oxidation sites excluding steroid dienone is 1. The van der Waals surface area contributed by atoms with Gasteiger partial charge in [-0.2, -0.15) is 9.68 Å². The van der Waals surface area contributed by atoms with Crippen molar-refractivity contribution in [3.63, 3.8) is 0 Å². The van der Waals surface area contributed by atoms with Crippen molar-refractivity contribution in [2.45, 2.75) is 26.3 Å². The van der Waals surface area contributed by atoms with Crippen LogP contribution in [0.25, 0.3) is 27.4 Å². The lowest BCUT2D eigenvalue weighted by atomic mass is 10.1. The highest BCUT2D eigenvalue weighted by molar-refractivity contribution is 8.76. The number of nitrogens with two attached hydrogens (primary N) is 1. The maximum Gasteiger partial charge on any atom is 0.214 e. The van der Waals surface area contributed by atoms with Crippen molar-refractivity contribution in [2.24, 2.45) is 10.2 Å².